The minimum Gasteiger partial charge on any atom is -0.493 e. The fraction of sp³-hybridized carbons (Fsp3) is 0.650. The lowest BCUT2D eigenvalue weighted by molar-refractivity contribution is -0.129. The zero-order chi connectivity index (χ0) is 16.6. The van der Waals surface area contributed by atoms with Gasteiger partial charge in [-0.3, -0.25) is 9.69 Å². The highest BCUT2D eigenvalue weighted by Crippen LogP contribution is 2.42. The van der Waals surface area contributed by atoms with Gasteiger partial charge in [-0.1, -0.05) is 21.3 Å². The van der Waals surface area contributed by atoms with Gasteiger partial charge in [0.15, 0.2) is 11.5 Å². The summed E-state index contributed by atoms with van der Waals surface area (Å²) in [7, 11) is 3.33. The molecule has 0 N–H and O–H groups in total. The third-order valence-electron chi connectivity index (χ3n) is 5.17. The Labute approximate surface area is 146 Å². The number of benzene rings is 1. The molecule has 3 rings (SSSR count). The molecule has 0 aromatic heterocycles. The predicted molar refractivity (Wildman–Crippen MR) is 96.9 cm³/mol. The Morgan fingerprint density at radius 1 is 1.21 bits per heavy atom. The monoisotopic (exact) mass is 333 g/mol. The van der Waals surface area contributed by atoms with Crippen molar-refractivity contribution in [3.8, 4) is 11.5 Å². The van der Waals surface area contributed by atoms with Crippen LogP contribution in [0.25, 0.3) is 0 Å². The zero-order valence-corrected chi connectivity index (χ0v) is 14.6. The van der Waals surface area contributed by atoms with E-state index in [9.17, 15) is 4.79 Å². The number of ether oxygens (including phenoxy) is 2. The molecular weight excluding hydrogens is 302 g/mol. The normalized spacial score (nSPS) is 23.3. The minimum absolute atomic E-state index is 0. The topological polar surface area (TPSA) is 38.8 Å². The number of hydrogen-bond donors (Lipinski definition) is 0. The third-order valence-corrected chi connectivity index (χ3v) is 5.17. The number of methoxy groups -OCH3 is 2. The first kappa shape index (κ1) is 18.8. The Hall–Kier alpha value is -1.55. The molecule has 0 amide bonds. The average Bonchev–Trinajstić information content (AvgIpc) is 2.53. The number of rotatable bonds is 4. The lowest BCUT2D eigenvalue weighted by Crippen LogP contribution is -2.46. The average molecular weight is 333 g/mol. The van der Waals surface area contributed by atoms with Gasteiger partial charge in [-0.05, 0) is 42.0 Å². The lowest BCUT2D eigenvalue weighted by atomic mass is 9.80. The van der Waals surface area contributed by atoms with Crippen LogP contribution in [0.4, 0.5) is 0 Å². The molecule has 2 aliphatic rings. The highest BCUT2D eigenvalue weighted by Gasteiger charge is 2.38. The summed E-state index contributed by atoms with van der Waals surface area (Å²) in [6.07, 6.45) is 2.63. The third kappa shape index (κ3) is 3.44. The Morgan fingerprint density at radius 3 is 2.50 bits per heavy atom. The minimum atomic E-state index is 0. The van der Waals surface area contributed by atoms with E-state index >= 15 is 0 Å². The van der Waals surface area contributed by atoms with Crippen LogP contribution in [0.3, 0.4) is 0 Å². The molecule has 1 aromatic rings. The predicted octanol–water partition coefficient (Wildman–Crippen LogP) is 3.87. The van der Waals surface area contributed by atoms with Crippen LogP contribution in [0.1, 0.15) is 51.3 Å². The van der Waals surface area contributed by atoms with Crippen molar-refractivity contribution in [1.29, 1.82) is 0 Å². The Kier molecular flexibility index (Phi) is 5.92. The number of carbonyl (C=O) groups is 1. The molecule has 4 nitrogen and oxygen atoms in total. The molecule has 0 aliphatic carbocycles. The molecule has 134 valence electrons. The molecule has 1 fully saturated rings. The number of carbonyl (C=O) groups excluding carboxylic acids is 1. The highest BCUT2D eigenvalue weighted by atomic mass is 16.5. The van der Waals surface area contributed by atoms with E-state index in [1.807, 2.05) is 0 Å². The molecule has 1 aromatic carbocycles. The molecule has 1 saturated heterocycles. The van der Waals surface area contributed by atoms with Crippen molar-refractivity contribution < 1.29 is 14.3 Å². The van der Waals surface area contributed by atoms with E-state index in [4.69, 9.17) is 9.47 Å². The number of fused-ring (bicyclic) bond motifs is 3. The molecule has 0 saturated carbocycles. The second kappa shape index (κ2) is 7.56. The summed E-state index contributed by atoms with van der Waals surface area (Å²) in [4.78, 5) is 15.1. The van der Waals surface area contributed by atoms with Gasteiger partial charge in [0.2, 0.25) is 0 Å². The van der Waals surface area contributed by atoms with E-state index in [0.717, 1.165) is 37.4 Å². The summed E-state index contributed by atoms with van der Waals surface area (Å²) in [5.74, 6) is 2.72. The van der Waals surface area contributed by atoms with Crippen LogP contribution in [0.15, 0.2) is 12.1 Å². The summed E-state index contributed by atoms with van der Waals surface area (Å²) >= 11 is 0. The molecule has 2 atom stereocenters. The van der Waals surface area contributed by atoms with Crippen LogP contribution < -0.4 is 9.47 Å². The second-order valence-corrected chi connectivity index (χ2v) is 7.16. The van der Waals surface area contributed by atoms with Crippen LogP contribution in [0, 0.1) is 11.8 Å². The first-order valence-corrected chi connectivity index (χ1v) is 8.55. The van der Waals surface area contributed by atoms with Crippen molar-refractivity contribution in [3.63, 3.8) is 0 Å². The van der Waals surface area contributed by atoms with Gasteiger partial charge < -0.3 is 9.47 Å². The fourth-order valence-corrected chi connectivity index (χ4v) is 4.05. The molecule has 2 aliphatic heterocycles. The summed E-state index contributed by atoms with van der Waals surface area (Å²) < 4.78 is 10.9. The molecular formula is C20H31NO3. The van der Waals surface area contributed by atoms with E-state index in [-0.39, 0.29) is 19.4 Å². The number of nitrogens with zero attached hydrogens (tertiary/aromatic N) is 1. The van der Waals surface area contributed by atoms with Crippen LogP contribution in [0.5, 0.6) is 11.5 Å². The van der Waals surface area contributed by atoms with Crippen LogP contribution in [-0.2, 0) is 11.2 Å². The van der Waals surface area contributed by atoms with Crippen molar-refractivity contribution >= 4 is 5.78 Å². The van der Waals surface area contributed by atoms with Crippen LogP contribution in [0.2, 0.25) is 0 Å². The van der Waals surface area contributed by atoms with Crippen molar-refractivity contribution in [3.05, 3.63) is 23.3 Å². The van der Waals surface area contributed by atoms with Crippen LogP contribution in [-0.4, -0.2) is 38.0 Å². The molecule has 4 heteroatoms. The molecule has 0 spiro atoms. The van der Waals surface area contributed by atoms with Gasteiger partial charge in [0, 0.05) is 31.5 Å². The maximum Gasteiger partial charge on any atom is 0.161 e. The lowest BCUT2D eigenvalue weighted by Gasteiger charge is -2.43. The van der Waals surface area contributed by atoms with Crippen molar-refractivity contribution in [2.75, 3.05) is 27.3 Å². The van der Waals surface area contributed by atoms with Gasteiger partial charge >= 0.3 is 0 Å². The van der Waals surface area contributed by atoms with E-state index < -0.39 is 0 Å². The quantitative estimate of drug-likeness (QED) is 0.838. The van der Waals surface area contributed by atoms with Gasteiger partial charge in [-0.25, -0.2) is 0 Å². The number of hydrogen-bond acceptors (Lipinski definition) is 4. The van der Waals surface area contributed by atoms with E-state index in [1.165, 1.54) is 11.1 Å². The van der Waals surface area contributed by atoms with Gasteiger partial charge in [-0.2, -0.15) is 0 Å². The second-order valence-electron chi connectivity index (χ2n) is 7.16. The first-order valence-electron chi connectivity index (χ1n) is 8.55. The Bertz CT molecular complexity index is 597. The van der Waals surface area contributed by atoms with Gasteiger partial charge in [0.1, 0.15) is 5.78 Å². The van der Waals surface area contributed by atoms with Gasteiger partial charge in [0.25, 0.3) is 0 Å². The Balaban J connectivity index is 0.00000208. The summed E-state index contributed by atoms with van der Waals surface area (Å²) in [6.45, 7) is 6.31. The van der Waals surface area contributed by atoms with Crippen molar-refractivity contribution in [1.82, 2.24) is 4.90 Å². The standard InChI is InChI=1S/C19H27NO3.CH4/c1-12(2)7-14-11-20-6-5-13-8-18(22-3)19(23-4)9-15(13)16(20)10-17(14)21;/h8-9,12,14,16H,5-7,10-11H2,1-4H3;1H4. The largest absolute Gasteiger partial charge is 0.493 e. The Morgan fingerprint density at radius 2 is 1.88 bits per heavy atom. The van der Waals surface area contributed by atoms with E-state index in [1.54, 1.807) is 14.2 Å². The van der Waals surface area contributed by atoms with Crippen molar-refractivity contribution in [2.24, 2.45) is 11.8 Å². The molecule has 2 unspecified atom stereocenters. The smallest absolute Gasteiger partial charge is 0.161 e. The maximum atomic E-state index is 12.6. The number of Topliss-reactive ketones (excluding diaryl/α,β-unsaturated/α-hetero) is 1. The van der Waals surface area contributed by atoms with E-state index in [0.29, 0.717) is 18.1 Å². The summed E-state index contributed by atoms with van der Waals surface area (Å²) in [6, 6.07) is 4.35. The summed E-state index contributed by atoms with van der Waals surface area (Å²) in [5, 5.41) is 0. The molecule has 0 radical (unpaired) electrons. The molecule has 2 heterocycles. The number of piperidine rings is 1. The number of ketones is 1. The highest BCUT2D eigenvalue weighted by molar-refractivity contribution is 5.83. The maximum absolute atomic E-state index is 12.6. The van der Waals surface area contributed by atoms with Crippen LogP contribution >= 0.6 is 0 Å². The first-order chi connectivity index (χ1) is 11.0. The van der Waals surface area contributed by atoms with E-state index in [2.05, 4.69) is 30.9 Å². The fourth-order valence-electron chi connectivity index (χ4n) is 4.05. The summed E-state index contributed by atoms with van der Waals surface area (Å²) in [5.41, 5.74) is 2.53. The molecule has 24 heavy (non-hydrogen) atoms. The SMILES string of the molecule is C.COc1cc2c(cc1OC)C1CC(=O)C(CC(C)C)CN1CC2. The van der Waals surface area contributed by atoms with Gasteiger partial charge in [0.05, 0.1) is 14.2 Å². The van der Waals surface area contributed by atoms with Crippen molar-refractivity contribution in [2.45, 2.75) is 46.6 Å². The molecule has 0 bridgehead atoms. The zero-order valence-electron chi connectivity index (χ0n) is 14.6. The van der Waals surface area contributed by atoms with Gasteiger partial charge in [-0.15, -0.1) is 0 Å².